The standard InChI is InChI=1S/C31H35F2N5O5SSi/c1-19(39)16-36-27(40)31-14-26(31)30(2,37-28(44-31)38(29(41)42)18-43-10-11-45(3,4)5)22-12-20(6-8-23(22)32)13-24(33)25-9-7-21(15-34)17-35-25/h6-9,12-13,17,26H,10-11,14,16,18H2,1-5H3,(H,36,40)(H,41,42)/b24-13-/t26-,30+,31-/m0/s1. The molecule has 4 rings (SSSR count). The number of nitrogens with zero attached hydrogens (tertiary/aromatic N) is 4. The van der Waals surface area contributed by atoms with E-state index >= 15 is 8.78 Å². The highest BCUT2D eigenvalue weighted by Crippen LogP contribution is 2.66. The van der Waals surface area contributed by atoms with E-state index in [1.54, 1.807) is 6.92 Å². The van der Waals surface area contributed by atoms with Crippen molar-refractivity contribution >= 4 is 54.7 Å². The number of carboxylic acid groups (broad SMARTS) is 1. The highest BCUT2D eigenvalue weighted by atomic mass is 32.2. The SMILES string of the molecule is CC(=O)CNC(=O)[C@]12C[C@H]1[C@@](C)(c1cc(/C=C(\F)c3ccc(C#N)cn3)ccc1F)N=C(N(COCC[Si](C)(C)C)C(=O)O)S2. The smallest absolute Gasteiger partial charge is 0.415 e. The molecule has 2 aromatic rings. The average molecular weight is 656 g/mol. The molecule has 3 atom stereocenters. The first-order chi connectivity index (χ1) is 21.1. The van der Waals surface area contributed by atoms with E-state index in [0.29, 0.717) is 6.61 Å². The van der Waals surface area contributed by atoms with E-state index in [9.17, 15) is 19.5 Å². The summed E-state index contributed by atoms with van der Waals surface area (Å²) in [5.41, 5.74) is -0.856. The molecule has 2 N–H and O–H groups in total. The van der Waals surface area contributed by atoms with E-state index in [1.165, 1.54) is 43.5 Å². The summed E-state index contributed by atoms with van der Waals surface area (Å²) in [5.74, 6) is -2.69. The van der Waals surface area contributed by atoms with Crippen LogP contribution >= 0.6 is 11.8 Å². The van der Waals surface area contributed by atoms with Crippen LogP contribution in [-0.2, 0) is 19.9 Å². The summed E-state index contributed by atoms with van der Waals surface area (Å²) < 4.78 is 35.3. The topological polar surface area (TPSA) is 145 Å². The molecular formula is C31H35F2N5O5SSi. The number of pyridine rings is 1. The minimum absolute atomic E-state index is 0.0185. The summed E-state index contributed by atoms with van der Waals surface area (Å²) in [7, 11) is -1.46. The number of amides is 2. The number of carbonyl (C=O) groups excluding carboxylic acids is 2. The zero-order valence-corrected chi connectivity index (χ0v) is 27.5. The molecule has 10 nitrogen and oxygen atoms in total. The lowest BCUT2D eigenvalue weighted by Gasteiger charge is -2.36. The molecule has 0 saturated heterocycles. The van der Waals surface area contributed by atoms with Gasteiger partial charge in [0.25, 0.3) is 0 Å². The third-order valence-corrected chi connectivity index (χ3v) is 10.9. The van der Waals surface area contributed by atoms with E-state index in [1.807, 2.05) is 6.07 Å². The number of nitrogens with one attached hydrogen (secondary N) is 1. The second kappa shape index (κ2) is 13.2. The Bertz CT molecular complexity index is 1610. The van der Waals surface area contributed by atoms with Crippen LogP contribution in [0.25, 0.3) is 11.9 Å². The van der Waals surface area contributed by atoms with Crippen LogP contribution in [0, 0.1) is 23.1 Å². The van der Waals surface area contributed by atoms with Crippen molar-refractivity contribution in [2.45, 2.75) is 56.2 Å². The summed E-state index contributed by atoms with van der Waals surface area (Å²) in [4.78, 5) is 47.1. The molecule has 1 aliphatic carbocycles. The van der Waals surface area contributed by atoms with Crippen LogP contribution in [0.4, 0.5) is 13.6 Å². The predicted octanol–water partition coefficient (Wildman–Crippen LogP) is 5.63. The molecule has 2 aliphatic rings. The van der Waals surface area contributed by atoms with Crippen molar-refractivity contribution in [3.63, 3.8) is 0 Å². The molecule has 1 fully saturated rings. The van der Waals surface area contributed by atoms with Gasteiger partial charge in [0.15, 0.2) is 5.17 Å². The molecule has 0 radical (unpaired) electrons. The fourth-order valence-corrected chi connectivity index (χ4v) is 7.40. The van der Waals surface area contributed by atoms with Gasteiger partial charge >= 0.3 is 6.09 Å². The second-order valence-corrected chi connectivity index (χ2v) is 19.4. The quantitative estimate of drug-likeness (QED) is 0.180. The molecule has 1 aromatic heterocycles. The van der Waals surface area contributed by atoms with Gasteiger partial charge in [-0.2, -0.15) is 5.26 Å². The van der Waals surface area contributed by atoms with E-state index in [2.05, 4.69) is 29.9 Å². The fraction of sp³-hybridized carbons (Fsp3) is 0.419. The molecule has 14 heteroatoms. The predicted molar refractivity (Wildman–Crippen MR) is 170 cm³/mol. The summed E-state index contributed by atoms with van der Waals surface area (Å²) in [6.45, 7) is 9.23. The third kappa shape index (κ3) is 7.66. The lowest BCUT2D eigenvalue weighted by atomic mass is 9.84. The Morgan fingerprint density at radius 1 is 1.29 bits per heavy atom. The number of rotatable bonds is 11. The monoisotopic (exact) mass is 655 g/mol. The lowest BCUT2D eigenvalue weighted by molar-refractivity contribution is -0.124. The summed E-state index contributed by atoms with van der Waals surface area (Å²) in [5, 5.41) is 21.7. The number of ketones is 1. The number of halogens is 2. The van der Waals surface area contributed by atoms with Gasteiger partial charge in [-0.25, -0.2) is 18.5 Å². The van der Waals surface area contributed by atoms with Crippen LogP contribution in [0.1, 0.15) is 42.7 Å². The first-order valence-electron chi connectivity index (χ1n) is 14.3. The van der Waals surface area contributed by atoms with Gasteiger partial charge in [-0.3, -0.25) is 19.6 Å². The number of Topliss-reactive ketones (excluding diaryl/α,β-unsaturated/α-hetero) is 1. The van der Waals surface area contributed by atoms with Crippen LogP contribution in [0.5, 0.6) is 0 Å². The van der Waals surface area contributed by atoms with Gasteiger partial charge in [-0.1, -0.05) is 37.5 Å². The number of fused-ring (bicyclic) bond motifs is 1. The number of hydrogen-bond acceptors (Lipinski definition) is 8. The van der Waals surface area contributed by atoms with Crippen molar-refractivity contribution in [1.29, 1.82) is 5.26 Å². The van der Waals surface area contributed by atoms with Crippen molar-refractivity contribution in [3.8, 4) is 6.07 Å². The number of nitriles is 1. The largest absolute Gasteiger partial charge is 0.465 e. The second-order valence-electron chi connectivity index (χ2n) is 12.5. The lowest BCUT2D eigenvalue weighted by Crippen LogP contribution is -2.48. The van der Waals surface area contributed by atoms with Gasteiger partial charge in [-0.05, 0) is 62.2 Å². The normalized spacial score (nSPS) is 22.5. The first-order valence-corrected chi connectivity index (χ1v) is 18.8. The molecule has 0 unspecified atom stereocenters. The average Bonchev–Trinajstić information content (AvgIpc) is 3.73. The molecule has 1 aliphatic heterocycles. The molecule has 0 spiro atoms. The molecule has 1 saturated carbocycles. The van der Waals surface area contributed by atoms with E-state index in [0.717, 1.165) is 28.8 Å². The molecular weight excluding hydrogens is 621 g/mol. The Morgan fingerprint density at radius 2 is 2.02 bits per heavy atom. The minimum Gasteiger partial charge on any atom is -0.465 e. The van der Waals surface area contributed by atoms with Crippen molar-refractivity contribution in [2.75, 3.05) is 19.9 Å². The number of hydrogen-bond donors (Lipinski definition) is 2. The van der Waals surface area contributed by atoms with Gasteiger partial charge in [0, 0.05) is 32.4 Å². The molecule has 0 bridgehead atoms. The summed E-state index contributed by atoms with van der Waals surface area (Å²) in [6.07, 6.45) is 1.28. The molecule has 45 heavy (non-hydrogen) atoms. The maximum atomic E-state index is 15.6. The maximum Gasteiger partial charge on any atom is 0.415 e. The van der Waals surface area contributed by atoms with Crippen molar-refractivity contribution in [1.82, 2.24) is 15.2 Å². The van der Waals surface area contributed by atoms with Gasteiger partial charge in [-0.15, -0.1) is 0 Å². The number of amidine groups is 1. The van der Waals surface area contributed by atoms with Crippen LogP contribution in [0.3, 0.4) is 0 Å². The third-order valence-electron chi connectivity index (χ3n) is 7.72. The zero-order valence-electron chi connectivity index (χ0n) is 25.7. The van der Waals surface area contributed by atoms with Crippen LogP contribution < -0.4 is 5.32 Å². The highest BCUT2D eigenvalue weighted by molar-refractivity contribution is 8.16. The molecule has 2 heterocycles. The Kier molecular flexibility index (Phi) is 9.96. The summed E-state index contributed by atoms with van der Waals surface area (Å²) in [6, 6.07) is 9.46. The number of carbonyl (C=O) groups is 3. The maximum absolute atomic E-state index is 15.6. The Morgan fingerprint density at radius 3 is 2.62 bits per heavy atom. The highest BCUT2D eigenvalue weighted by Gasteiger charge is 2.71. The Labute approximate surface area is 265 Å². The zero-order chi connectivity index (χ0) is 33.2. The first kappa shape index (κ1) is 33.9. The van der Waals surface area contributed by atoms with Gasteiger partial charge in [0.2, 0.25) is 5.91 Å². The van der Waals surface area contributed by atoms with Crippen molar-refractivity contribution in [3.05, 3.63) is 64.7 Å². The number of thioether (sulfide) groups is 1. The number of aliphatic imine (C=N–C) groups is 1. The van der Waals surface area contributed by atoms with Crippen molar-refractivity contribution in [2.24, 2.45) is 10.9 Å². The van der Waals surface area contributed by atoms with Crippen molar-refractivity contribution < 1.29 is 33.0 Å². The van der Waals surface area contributed by atoms with E-state index < -0.39 is 47.9 Å². The van der Waals surface area contributed by atoms with Gasteiger partial charge < -0.3 is 15.2 Å². The van der Waals surface area contributed by atoms with Gasteiger partial charge in [0.05, 0.1) is 23.3 Å². The number of benzene rings is 1. The van der Waals surface area contributed by atoms with Gasteiger partial charge in [0.1, 0.15) is 35.0 Å². The minimum atomic E-state index is -1.46. The molecule has 1 aromatic carbocycles. The van der Waals surface area contributed by atoms with Crippen LogP contribution in [0.15, 0.2) is 41.5 Å². The molecule has 2 amide bonds. The van der Waals surface area contributed by atoms with Crippen LogP contribution in [-0.4, -0.2) is 70.6 Å². The fourth-order valence-electron chi connectivity index (χ4n) is 5.06. The Hall–Kier alpha value is -3.93. The number of ether oxygens (including phenoxy) is 1. The number of aromatic nitrogens is 1. The Balaban J connectivity index is 1.74. The van der Waals surface area contributed by atoms with E-state index in [4.69, 9.17) is 15.0 Å². The van der Waals surface area contributed by atoms with E-state index in [-0.39, 0.29) is 53.0 Å². The summed E-state index contributed by atoms with van der Waals surface area (Å²) >= 11 is 0.960. The molecule has 238 valence electrons. The van der Waals surface area contributed by atoms with Crippen LogP contribution in [0.2, 0.25) is 25.7 Å².